The third-order valence-corrected chi connectivity index (χ3v) is 1.78. The lowest BCUT2D eigenvalue weighted by Gasteiger charge is -1.86. The molecule has 0 spiro atoms. The van der Waals surface area contributed by atoms with Gasteiger partial charge in [0.05, 0.1) is 0 Å². The van der Waals surface area contributed by atoms with Crippen LogP contribution in [0.5, 0.6) is 0 Å². The molecule has 1 nitrogen and oxygen atoms in total. The van der Waals surface area contributed by atoms with E-state index in [0.717, 1.165) is 0 Å². The molecule has 1 fully saturated rings. The van der Waals surface area contributed by atoms with Gasteiger partial charge in [-0.25, -0.2) is 0 Å². The van der Waals surface area contributed by atoms with Gasteiger partial charge in [0.15, 0.2) is 0 Å². The SMILES string of the molecule is C/C=C\c1ccccc1.NC1CC1. The van der Waals surface area contributed by atoms with E-state index in [1.807, 2.05) is 31.2 Å². The summed E-state index contributed by atoms with van der Waals surface area (Å²) in [6, 6.07) is 10.8. The summed E-state index contributed by atoms with van der Waals surface area (Å²) in [5.74, 6) is 0. The first-order valence-electron chi connectivity index (χ1n) is 4.76. The van der Waals surface area contributed by atoms with Crippen molar-refractivity contribution in [1.82, 2.24) is 0 Å². The van der Waals surface area contributed by atoms with E-state index in [0.29, 0.717) is 6.04 Å². The number of allylic oxidation sites excluding steroid dienone is 1. The Hall–Kier alpha value is -1.08. The summed E-state index contributed by atoms with van der Waals surface area (Å²) < 4.78 is 0. The Labute approximate surface area is 80.3 Å². The Morgan fingerprint density at radius 3 is 2.15 bits per heavy atom. The molecule has 0 aromatic heterocycles. The molecule has 0 unspecified atom stereocenters. The Morgan fingerprint density at radius 1 is 1.23 bits per heavy atom. The summed E-state index contributed by atoms with van der Waals surface area (Å²) in [7, 11) is 0. The fraction of sp³-hybridized carbons (Fsp3) is 0.333. The van der Waals surface area contributed by atoms with Gasteiger partial charge in [-0.3, -0.25) is 0 Å². The summed E-state index contributed by atoms with van der Waals surface area (Å²) in [6.45, 7) is 2.02. The maximum absolute atomic E-state index is 5.22. The van der Waals surface area contributed by atoms with Gasteiger partial charge in [-0.1, -0.05) is 42.5 Å². The summed E-state index contributed by atoms with van der Waals surface area (Å²) >= 11 is 0. The molecule has 1 saturated carbocycles. The van der Waals surface area contributed by atoms with Gasteiger partial charge in [-0.05, 0) is 25.3 Å². The molecule has 1 aliphatic rings. The number of nitrogens with two attached hydrogens (primary N) is 1. The van der Waals surface area contributed by atoms with Crippen LogP contribution in [0.15, 0.2) is 36.4 Å². The van der Waals surface area contributed by atoms with Crippen molar-refractivity contribution in [2.75, 3.05) is 0 Å². The van der Waals surface area contributed by atoms with E-state index in [-0.39, 0.29) is 0 Å². The first-order chi connectivity index (χ1) is 6.33. The minimum atomic E-state index is 0.583. The number of hydrogen-bond donors (Lipinski definition) is 1. The molecule has 0 heterocycles. The van der Waals surface area contributed by atoms with E-state index in [2.05, 4.69) is 18.2 Å². The third kappa shape index (κ3) is 5.21. The summed E-state index contributed by atoms with van der Waals surface area (Å²) in [5.41, 5.74) is 6.49. The standard InChI is InChI=1S/C9H10.C3H7N/c1-2-6-9-7-4-3-5-8-9;4-3-1-2-3/h2-8H,1H3;3H,1-2,4H2/b6-2-;. The Kier molecular flexibility index (Phi) is 4.27. The van der Waals surface area contributed by atoms with Crippen LogP contribution < -0.4 is 5.73 Å². The molecule has 70 valence electrons. The molecule has 2 rings (SSSR count). The van der Waals surface area contributed by atoms with Crippen LogP contribution in [0.3, 0.4) is 0 Å². The topological polar surface area (TPSA) is 26.0 Å². The molecule has 1 aromatic carbocycles. The van der Waals surface area contributed by atoms with Gasteiger partial charge >= 0.3 is 0 Å². The smallest absolute Gasteiger partial charge is 0.00399 e. The van der Waals surface area contributed by atoms with Crippen molar-refractivity contribution in [3.63, 3.8) is 0 Å². The molecular formula is C12H17N. The lowest BCUT2D eigenvalue weighted by molar-refractivity contribution is 1.07. The Morgan fingerprint density at radius 2 is 1.77 bits per heavy atom. The van der Waals surface area contributed by atoms with Crippen LogP contribution in [0.4, 0.5) is 0 Å². The predicted octanol–water partition coefficient (Wildman–Crippen LogP) is 2.83. The summed E-state index contributed by atoms with van der Waals surface area (Å²) in [4.78, 5) is 0. The van der Waals surface area contributed by atoms with E-state index in [1.54, 1.807) is 0 Å². The molecule has 13 heavy (non-hydrogen) atoms. The minimum absolute atomic E-state index is 0.583. The molecule has 2 N–H and O–H groups in total. The maximum Gasteiger partial charge on any atom is 0.00399 e. The van der Waals surface area contributed by atoms with E-state index in [4.69, 9.17) is 5.73 Å². The van der Waals surface area contributed by atoms with Gasteiger partial charge in [-0.15, -0.1) is 0 Å². The first kappa shape index (κ1) is 10.0. The highest BCUT2D eigenvalue weighted by atomic mass is 14.7. The molecule has 0 aliphatic heterocycles. The van der Waals surface area contributed by atoms with Gasteiger partial charge in [-0.2, -0.15) is 0 Å². The largest absolute Gasteiger partial charge is 0.328 e. The average Bonchev–Trinajstić information content (AvgIpc) is 2.91. The second-order valence-electron chi connectivity index (χ2n) is 3.25. The van der Waals surface area contributed by atoms with E-state index < -0.39 is 0 Å². The lowest BCUT2D eigenvalue weighted by Crippen LogP contribution is -1.94. The van der Waals surface area contributed by atoms with E-state index in [9.17, 15) is 0 Å². The van der Waals surface area contributed by atoms with Gasteiger partial charge in [0.1, 0.15) is 0 Å². The van der Waals surface area contributed by atoms with Crippen LogP contribution in [0.2, 0.25) is 0 Å². The van der Waals surface area contributed by atoms with E-state index >= 15 is 0 Å². The normalized spacial score (nSPS) is 15.2. The van der Waals surface area contributed by atoms with Gasteiger partial charge in [0, 0.05) is 6.04 Å². The molecule has 1 aliphatic carbocycles. The van der Waals surface area contributed by atoms with Gasteiger partial charge < -0.3 is 5.73 Å². The van der Waals surface area contributed by atoms with Crippen molar-refractivity contribution in [2.45, 2.75) is 25.8 Å². The molecule has 0 atom stereocenters. The fourth-order valence-electron chi connectivity index (χ4n) is 0.853. The minimum Gasteiger partial charge on any atom is -0.328 e. The van der Waals surface area contributed by atoms with Crippen LogP contribution in [-0.4, -0.2) is 6.04 Å². The fourth-order valence-corrected chi connectivity index (χ4v) is 0.853. The molecule has 1 heteroatoms. The zero-order chi connectivity index (χ0) is 9.52. The molecular weight excluding hydrogens is 158 g/mol. The third-order valence-electron chi connectivity index (χ3n) is 1.78. The van der Waals surface area contributed by atoms with Crippen molar-refractivity contribution >= 4 is 6.08 Å². The number of rotatable bonds is 1. The second kappa shape index (κ2) is 5.55. The van der Waals surface area contributed by atoms with Crippen molar-refractivity contribution < 1.29 is 0 Å². The van der Waals surface area contributed by atoms with Crippen molar-refractivity contribution in [1.29, 1.82) is 0 Å². The van der Waals surface area contributed by atoms with Crippen LogP contribution in [0, 0.1) is 0 Å². The zero-order valence-corrected chi connectivity index (χ0v) is 8.11. The quantitative estimate of drug-likeness (QED) is 0.697. The van der Waals surface area contributed by atoms with Crippen molar-refractivity contribution in [3.8, 4) is 0 Å². The van der Waals surface area contributed by atoms with Crippen molar-refractivity contribution in [3.05, 3.63) is 42.0 Å². The van der Waals surface area contributed by atoms with Crippen molar-refractivity contribution in [2.24, 2.45) is 5.73 Å². The first-order valence-corrected chi connectivity index (χ1v) is 4.76. The zero-order valence-electron chi connectivity index (χ0n) is 8.11. The molecule has 0 radical (unpaired) electrons. The molecule has 1 aromatic rings. The van der Waals surface area contributed by atoms with Crippen LogP contribution in [0.25, 0.3) is 6.08 Å². The Bertz CT molecular complexity index is 247. The maximum atomic E-state index is 5.22. The lowest BCUT2D eigenvalue weighted by atomic mass is 10.2. The molecule has 0 saturated heterocycles. The second-order valence-corrected chi connectivity index (χ2v) is 3.25. The Balaban J connectivity index is 0.000000175. The summed E-state index contributed by atoms with van der Waals surface area (Å²) in [6.07, 6.45) is 6.65. The van der Waals surface area contributed by atoms with E-state index in [1.165, 1.54) is 18.4 Å². The van der Waals surface area contributed by atoms with Crippen LogP contribution in [0.1, 0.15) is 25.3 Å². The number of benzene rings is 1. The highest BCUT2D eigenvalue weighted by Crippen LogP contribution is 2.13. The van der Waals surface area contributed by atoms with Crippen LogP contribution >= 0.6 is 0 Å². The van der Waals surface area contributed by atoms with Crippen LogP contribution in [-0.2, 0) is 0 Å². The molecule has 0 bridgehead atoms. The van der Waals surface area contributed by atoms with Gasteiger partial charge in [0.25, 0.3) is 0 Å². The highest BCUT2D eigenvalue weighted by Gasteiger charge is 2.13. The molecule has 0 amide bonds. The predicted molar refractivity (Wildman–Crippen MR) is 58.4 cm³/mol. The van der Waals surface area contributed by atoms with Gasteiger partial charge in [0.2, 0.25) is 0 Å². The summed E-state index contributed by atoms with van der Waals surface area (Å²) in [5, 5.41) is 0. The highest BCUT2D eigenvalue weighted by molar-refractivity contribution is 5.47. The number of hydrogen-bond acceptors (Lipinski definition) is 1. The monoisotopic (exact) mass is 175 g/mol. The average molecular weight is 175 g/mol.